The van der Waals surface area contributed by atoms with Gasteiger partial charge >= 0.3 is 11.9 Å². The summed E-state index contributed by atoms with van der Waals surface area (Å²) in [6.07, 6.45) is 0.281. The molecule has 20 heavy (non-hydrogen) atoms. The first-order chi connectivity index (χ1) is 9.51. The molecule has 0 saturated carbocycles. The number of carbonyl (C=O) groups excluding carboxylic acids is 1. The Balaban J connectivity index is 2.18. The van der Waals surface area contributed by atoms with Gasteiger partial charge in [-0.15, -0.1) is 0 Å². The minimum absolute atomic E-state index is 0.241. The number of hydrogen-bond acceptors (Lipinski definition) is 6. The highest BCUT2D eigenvalue weighted by Gasteiger charge is 2.12. The second kappa shape index (κ2) is 5.87. The number of thiazole rings is 1. The Hall–Kier alpha value is -2.15. The van der Waals surface area contributed by atoms with Crippen molar-refractivity contribution in [2.24, 2.45) is 0 Å². The molecule has 0 radical (unpaired) electrons. The zero-order chi connectivity index (χ0) is 14.7. The van der Waals surface area contributed by atoms with Crippen LogP contribution in [0.3, 0.4) is 0 Å². The molecule has 0 aliphatic carbocycles. The summed E-state index contributed by atoms with van der Waals surface area (Å²) in [5.74, 6) is -1.23. The summed E-state index contributed by atoms with van der Waals surface area (Å²) in [6.45, 7) is 0.498. The number of aromatic carboxylic acids is 1. The summed E-state index contributed by atoms with van der Waals surface area (Å²) >= 11 is 1.40. The third-order valence-electron chi connectivity index (χ3n) is 2.83. The van der Waals surface area contributed by atoms with E-state index in [1.165, 1.54) is 24.5 Å². The van der Waals surface area contributed by atoms with Crippen molar-refractivity contribution in [2.75, 3.05) is 25.6 Å². The molecule has 0 fully saturated rings. The van der Waals surface area contributed by atoms with Gasteiger partial charge in [0.1, 0.15) is 0 Å². The quantitative estimate of drug-likeness (QED) is 0.850. The molecule has 7 heteroatoms. The SMILES string of the molecule is COC(=O)CCN(C)c1nc2ccc(C(=O)O)cc2s1. The molecule has 1 aromatic heterocycles. The number of nitrogens with zero attached hydrogens (tertiary/aromatic N) is 2. The molecule has 0 aliphatic heterocycles. The van der Waals surface area contributed by atoms with Crippen molar-refractivity contribution in [3.05, 3.63) is 23.8 Å². The van der Waals surface area contributed by atoms with Gasteiger partial charge in [-0.25, -0.2) is 9.78 Å². The zero-order valence-electron chi connectivity index (χ0n) is 11.1. The van der Waals surface area contributed by atoms with E-state index in [9.17, 15) is 9.59 Å². The van der Waals surface area contributed by atoms with Crippen LogP contribution in [0.5, 0.6) is 0 Å². The third kappa shape index (κ3) is 3.05. The van der Waals surface area contributed by atoms with Crippen LogP contribution in [0, 0.1) is 0 Å². The molecule has 1 aromatic carbocycles. The molecule has 106 valence electrons. The topological polar surface area (TPSA) is 79.7 Å². The van der Waals surface area contributed by atoms with Gasteiger partial charge in [0.15, 0.2) is 5.13 Å². The minimum Gasteiger partial charge on any atom is -0.478 e. The van der Waals surface area contributed by atoms with E-state index in [1.807, 2.05) is 11.9 Å². The van der Waals surface area contributed by atoms with Crippen LogP contribution in [-0.4, -0.2) is 42.7 Å². The maximum atomic E-state index is 11.1. The predicted octanol–water partition coefficient (Wildman–Crippen LogP) is 1.99. The monoisotopic (exact) mass is 294 g/mol. The van der Waals surface area contributed by atoms with Crippen LogP contribution in [0.25, 0.3) is 10.2 Å². The normalized spacial score (nSPS) is 10.5. The van der Waals surface area contributed by atoms with Crippen LogP contribution >= 0.6 is 11.3 Å². The van der Waals surface area contributed by atoms with Gasteiger partial charge in [0.2, 0.25) is 0 Å². The second-order valence-corrected chi connectivity index (χ2v) is 5.24. The Labute approximate surface area is 119 Å². The fourth-order valence-corrected chi connectivity index (χ4v) is 2.66. The number of hydrogen-bond donors (Lipinski definition) is 1. The highest BCUT2D eigenvalue weighted by molar-refractivity contribution is 7.22. The average molecular weight is 294 g/mol. The third-order valence-corrected chi connectivity index (χ3v) is 3.96. The molecule has 2 rings (SSSR count). The lowest BCUT2D eigenvalue weighted by Crippen LogP contribution is -2.21. The maximum absolute atomic E-state index is 11.1. The lowest BCUT2D eigenvalue weighted by Gasteiger charge is -2.14. The van der Waals surface area contributed by atoms with Crippen molar-refractivity contribution in [3.8, 4) is 0 Å². The van der Waals surface area contributed by atoms with Gasteiger partial charge in [0.05, 0.1) is 29.3 Å². The zero-order valence-corrected chi connectivity index (χ0v) is 11.9. The number of carboxylic acid groups (broad SMARTS) is 1. The van der Waals surface area contributed by atoms with Crippen LogP contribution in [0.2, 0.25) is 0 Å². The Bertz CT molecular complexity index is 653. The standard InChI is InChI=1S/C13H14N2O4S/c1-15(6-5-11(16)19-2)13-14-9-4-3-8(12(17)18)7-10(9)20-13/h3-4,7H,5-6H2,1-2H3,(H,17,18). The molecule has 0 saturated heterocycles. The largest absolute Gasteiger partial charge is 0.478 e. The molecule has 0 amide bonds. The second-order valence-electron chi connectivity index (χ2n) is 4.23. The van der Waals surface area contributed by atoms with Crippen molar-refractivity contribution in [1.29, 1.82) is 0 Å². The molecule has 0 atom stereocenters. The Morgan fingerprint density at radius 2 is 2.20 bits per heavy atom. The lowest BCUT2D eigenvalue weighted by molar-refractivity contribution is -0.140. The number of aromatic nitrogens is 1. The molecular weight excluding hydrogens is 280 g/mol. The van der Waals surface area contributed by atoms with E-state index in [0.717, 1.165) is 15.3 Å². The number of anilines is 1. The molecule has 1 N–H and O–H groups in total. The van der Waals surface area contributed by atoms with Crippen LogP contribution in [0.4, 0.5) is 5.13 Å². The van der Waals surface area contributed by atoms with Gasteiger partial charge < -0.3 is 14.7 Å². The first-order valence-corrected chi connectivity index (χ1v) is 6.74. The Morgan fingerprint density at radius 1 is 1.45 bits per heavy atom. The summed E-state index contributed by atoms with van der Waals surface area (Å²) in [5, 5.41) is 9.70. The average Bonchev–Trinajstić information content (AvgIpc) is 2.87. The van der Waals surface area contributed by atoms with E-state index in [4.69, 9.17) is 5.11 Å². The number of methoxy groups -OCH3 is 1. The van der Waals surface area contributed by atoms with E-state index in [0.29, 0.717) is 6.54 Å². The van der Waals surface area contributed by atoms with Crippen LogP contribution in [0.15, 0.2) is 18.2 Å². The highest BCUT2D eigenvalue weighted by atomic mass is 32.1. The maximum Gasteiger partial charge on any atom is 0.335 e. The summed E-state index contributed by atoms with van der Waals surface area (Å²) in [7, 11) is 3.19. The van der Waals surface area contributed by atoms with Crippen molar-refractivity contribution < 1.29 is 19.4 Å². The smallest absolute Gasteiger partial charge is 0.335 e. The van der Waals surface area contributed by atoms with Gasteiger partial charge in [-0.1, -0.05) is 11.3 Å². The number of rotatable bonds is 5. The van der Waals surface area contributed by atoms with Crippen molar-refractivity contribution in [3.63, 3.8) is 0 Å². The fourth-order valence-electron chi connectivity index (χ4n) is 1.67. The highest BCUT2D eigenvalue weighted by Crippen LogP contribution is 2.29. The van der Waals surface area contributed by atoms with E-state index in [2.05, 4.69) is 9.72 Å². The summed E-state index contributed by atoms with van der Waals surface area (Å²) in [4.78, 5) is 28.3. The number of esters is 1. The number of carbonyl (C=O) groups is 2. The molecule has 1 heterocycles. The van der Waals surface area contributed by atoms with Crippen LogP contribution in [-0.2, 0) is 9.53 Å². The Morgan fingerprint density at radius 3 is 2.85 bits per heavy atom. The van der Waals surface area contributed by atoms with Crippen LogP contribution in [0.1, 0.15) is 16.8 Å². The number of benzene rings is 1. The molecule has 0 aliphatic rings. The van der Waals surface area contributed by atoms with Crippen molar-refractivity contribution >= 4 is 38.6 Å². The van der Waals surface area contributed by atoms with E-state index < -0.39 is 5.97 Å². The van der Waals surface area contributed by atoms with Crippen molar-refractivity contribution in [1.82, 2.24) is 4.98 Å². The number of ether oxygens (including phenoxy) is 1. The van der Waals surface area contributed by atoms with Gasteiger partial charge in [-0.3, -0.25) is 4.79 Å². The lowest BCUT2D eigenvalue weighted by atomic mass is 10.2. The van der Waals surface area contributed by atoms with Gasteiger partial charge in [-0.05, 0) is 18.2 Å². The first-order valence-electron chi connectivity index (χ1n) is 5.93. The summed E-state index contributed by atoms with van der Waals surface area (Å²) in [6, 6.07) is 4.82. The summed E-state index contributed by atoms with van der Waals surface area (Å²) < 4.78 is 5.40. The van der Waals surface area contributed by atoms with E-state index >= 15 is 0 Å². The molecule has 0 unspecified atom stereocenters. The van der Waals surface area contributed by atoms with E-state index in [-0.39, 0.29) is 18.0 Å². The summed E-state index contributed by atoms with van der Waals surface area (Å²) in [5.41, 5.74) is 0.991. The van der Waals surface area contributed by atoms with Crippen molar-refractivity contribution in [2.45, 2.75) is 6.42 Å². The fraction of sp³-hybridized carbons (Fsp3) is 0.308. The Kier molecular flexibility index (Phi) is 4.19. The molecule has 0 spiro atoms. The molecule has 2 aromatic rings. The van der Waals surface area contributed by atoms with Gasteiger partial charge in [0.25, 0.3) is 0 Å². The molecular formula is C13H14N2O4S. The number of fused-ring (bicyclic) bond motifs is 1. The predicted molar refractivity (Wildman–Crippen MR) is 76.5 cm³/mol. The van der Waals surface area contributed by atoms with Gasteiger partial charge in [0, 0.05) is 13.6 Å². The first kappa shape index (κ1) is 14.3. The molecule has 6 nitrogen and oxygen atoms in total. The number of carboxylic acids is 1. The van der Waals surface area contributed by atoms with Crippen LogP contribution < -0.4 is 4.90 Å². The van der Waals surface area contributed by atoms with Gasteiger partial charge in [-0.2, -0.15) is 0 Å². The minimum atomic E-state index is -0.958. The molecule has 0 bridgehead atoms. The van der Waals surface area contributed by atoms with E-state index in [1.54, 1.807) is 12.1 Å².